The normalized spacial score (nSPS) is 12.1. The molecule has 0 aliphatic carbocycles. The first-order valence-corrected chi connectivity index (χ1v) is 25.5. The number of aromatic nitrogens is 5. The van der Waals surface area contributed by atoms with Gasteiger partial charge in [-0.1, -0.05) is 224 Å². The molecule has 4 heterocycles. The van der Waals surface area contributed by atoms with Crippen LogP contribution in [0.25, 0.3) is 99.8 Å². The van der Waals surface area contributed by atoms with Crippen molar-refractivity contribution in [3.8, 4) is 39.9 Å². The minimum atomic E-state index is -2.88. The first-order chi connectivity index (χ1) is 34.3. The summed E-state index contributed by atoms with van der Waals surface area (Å²) < 4.78 is 4.66. The van der Waals surface area contributed by atoms with Gasteiger partial charge in [0.25, 0.3) is 0 Å². The summed E-state index contributed by atoms with van der Waals surface area (Å²) in [7, 11) is -2.88. The fraction of sp³-hybridized carbons (Fsp3) is 0. The van der Waals surface area contributed by atoms with Crippen LogP contribution in [0.2, 0.25) is 0 Å². The third-order valence-electron chi connectivity index (χ3n) is 14.3. The van der Waals surface area contributed by atoms with E-state index in [4.69, 9.17) is 15.0 Å². The van der Waals surface area contributed by atoms with Crippen LogP contribution in [0.15, 0.2) is 249 Å². The number of benzene rings is 10. The second-order valence-corrected chi connectivity index (χ2v) is 21.7. The smallest absolute Gasteiger partial charge is 0.238 e. The second kappa shape index (κ2) is 15.6. The summed E-state index contributed by atoms with van der Waals surface area (Å²) >= 11 is 0. The zero-order valence-electron chi connectivity index (χ0n) is 37.4. The maximum atomic E-state index is 5.56. The number of hydrogen-bond donors (Lipinski definition) is 0. The maximum absolute atomic E-state index is 5.56. The van der Waals surface area contributed by atoms with Crippen molar-refractivity contribution in [2.75, 3.05) is 0 Å². The standard InChI is InChI=1S/C63H41N5Si/c1-4-22-43(23-5-1)69(44-24-6-2-7-25-44,45-26-8-3-9-27-45)46-28-20-21-42(41-46)61-64-62(66-63(65-61)68-56-36-17-12-30-48(56)49-31-13-18-37-57(49)68)53-33-11-10-29-47(53)51-39-40-52-50-32-14-16-35-55(50)67-58-38-19-15-34-54(58)59(51)60(52)67/h1-41H. The SMILES string of the molecule is c1ccc([Si](c2ccccc2)(c2ccccc2)c2cccc(-c3nc(-c4ccccc4-c4ccc5c6ccccc6n6c7ccccc7c4c56)nc(-n4c5ccccc5c5ccccc54)n3)c2)cc1. The predicted molar refractivity (Wildman–Crippen MR) is 289 cm³/mol. The van der Waals surface area contributed by atoms with Gasteiger partial charge in [0.05, 0.1) is 27.6 Å². The Morgan fingerprint density at radius 3 is 1.38 bits per heavy atom. The molecule has 0 saturated heterocycles. The lowest BCUT2D eigenvalue weighted by molar-refractivity contribution is 0.954. The van der Waals surface area contributed by atoms with Gasteiger partial charge in [0.15, 0.2) is 19.7 Å². The quantitative estimate of drug-likeness (QED) is 0.113. The van der Waals surface area contributed by atoms with Crippen LogP contribution < -0.4 is 20.7 Å². The van der Waals surface area contributed by atoms with E-state index in [9.17, 15) is 0 Å². The molecule has 0 aliphatic heterocycles. The molecule has 0 aliphatic rings. The molecule has 5 nitrogen and oxygen atoms in total. The molecule has 10 aromatic carbocycles. The molecule has 4 aromatic heterocycles. The minimum Gasteiger partial charge on any atom is -0.308 e. The molecule has 0 fully saturated rings. The van der Waals surface area contributed by atoms with E-state index in [0.29, 0.717) is 17.6 Å². The molecule has 0 bridgehead atoms. The third-order valence-corrected chi connectivity index (χ3v) is 19.1. The summed E-state index contributed by atoms with van der Waals surface area (Å²) in [5.74, 6) is 1.78. The van der Waals surface area contributed by atoms with Crippen molar-refractivity contribution in [3.63, 3.8) is 0 Å². The summed E-state index contributed by atoms with van der Waals surface area (Å²) in [4.78, 5) is 16.6. The van der Waals surface area contributed by atoms with E-state index in [1.54, 1.807) is 0 Å². The summed E-state index contributed by atoms with van der Waals surface area (Å²) in [5, 5.41) is 12.4. The second-order valence-electron chi connectivity index (χ2n) is 17.9. The Morgan fingerprint density at radius 2 is 0.768 bits per heavy atom. The molecular formula is C63H41N5Si. The Morgan fingerprint density at radius 1 is 0.304 bits per heavy atom. The summed E-state index contributed by atoms with van der Waals surface area (Å²) in [6.45, 7) is 0. The number of fused-ring (bicyclic) bond motifs is 9. The van der Waals surface area contributed by atoms with Crippen molar-refractivity contribution in [2.24, 2.45) is 0 Å². The lowest BCUT2D eigenvalue weighted by Gasteiger charge is -2.34. The van der Waals surface area contributed by atoms with Crippen LogP contribution in [0, 0.1) is 0 Å². The number of nitrogens with zero attached hydrogens (tertiary/aromatic N) is 5. The fourth-order valence-corrected chi connectivity index (χ4v) is 16.2. The van der Waals surface area contributed by atoms with E-state index in [2.05, 4.69) is 258 Å². The van der Waals surface area contributed by atoms with Crippen molar-refractivity contribution in [1.29, 1.82) is 0 Å². The van der Waals surface area contributed by atoms with Gasteiger partial charge in [-0.3, -0.25) is 4.57 Å². The van der Waals surface area contributed by atoms with Crippen LogP contribution in [0.5, 0.6) is 0 Å². The van der Waals surface area contributed by atoms with Gasteiger partial charge in [0, 0.05) is 43.4 Å². The molecule has 0 N–H and O–H groups in total. The molecule has 0 amide bonds. The third kappa shape index (κ3) is 5.86. The molecular weight excluding hydrogens is 855 g/mol. The summed E-state index contributed by atoms with van der Waals surface area (Å²) in [5.41, 5.74) is 9.77. The number of rotatable bonds is 8. The Bertz CT molecular complexity index is 4100. The lowest BCUT2D eigenvalue weighted by Crippen LogP contribution is -2.74. The zero-order chi connectivity index (χ0) is 45.5. The highest BCUT2D eigenvalue weighted by molar-refractivity contribution is 7.19. The van der Waals surface area contributed by atoms with Crippen molar-refractivity contribution < 1.29 is 0 Å². The summed E-state index contributed by atoms with van der Waals surface area (Å²) in [6, 6.07) is 90.1. The highest BCUT2D eigenvalue weighted by Gasteiger charge is 2.41. The van der Waals surface area contributed by atoms with Crippen molar-refractivity contribution >= 4 is 88.7 Å². The van der Waals surface area contributed by atoms with Gasteiger partial charge >= 0.3 is 0 Å². The Kier molecular flexibility index (Phi) is 8.84. The van der Waals surface area contributed by atoms with Crippen molar-refractivity contribution in [3.05, 3.63) is 249 Å². The molecule has 0 spiro atoms. The Labute approximate surface area is 399 Å². The zero-order valence-corrected chi connectivity index (χ0v) is 38.4. The summed E-state index contributed by atoms with van der Waals surface area (Å²) in [6.07, 6.45) is 0. The molecule has 0 atom stereocenters. The fourth-order valence-electron chi connectivity index (χ4n) is 11.4. The van der Waals surface area contributed by atoms with Gasteiger partial charge < -0.3 is 4.40 Å². The number of hydrogen-bond acceptors (Lipinski definition) is 3. The first kappa shape index (κ1) is 39.2. The van der Waals surface area contributed by atoms with Gasteiger partial charge in [0.2, 0.25) is 5.95 Å². The highest BCUT2D eigenvalue weighted by Crippen LogP contribution is 2.45. The largest absolute Gasteiger partial charge is 0.308 e. The Balaban J connectivity index is 1.05. The van der Waals surface area contributed by atoms with Crippen molar-refractivity contribution in [1.82, 2.24) is 23.9 Å². The van der Waals surface area contributed by atoms with E-state index in [1.807, 2.05) is 0 Å². The molecule has 0 unspecified atom stereocenters. The average Bonchev–Trinajstić information content (AvgIpc) is 4.08. The van der Waals surface area contributed by atoms with Crippen LogP contribution in [0.3, 0.4) is 0 Å². The molecule has 69 heavy (non-hydrogen) atoms. The van der Waals surface area contributed by atoms with Crippen LogP contribution >= 0.6 is 0 Å². The van der Waals surface area contributed by atoms with E-state index >= 15 is 0 Å². The van der Waals surface area contributed by atoms with Crippen molar-refractivity contribution in [2.45, 2.75) is 0 Å². The van der Waals surface area contributed by atoms with Gasteiger partial charge in [-0.05, 0) is 56.1 Å². The van der Waals surface area contributed by atoms with Gasteiger partial charge in [-0.2, -0.15) is 9.97 Å². The van der Waals surface area contributed by atoms with Gasteiger partial charge in [-0.25, -0.2) is 4.98 Å². The maximum Gasteiger partial charge on any atom is 0.238 e. The lowest BCUT2D eigenvalue weighted by atomic mass is 9.93. The highest BCUT2D eigenvalue weighted by atomic mass is 28.3. The Hall–Kier alpha value is -8.97. The van der Waals surface area contributed by atoms with Crippen LogP contribution in [0.4, 0.5) is 0 Å². The average molecular weight is 896 g/mol. The number of para-hydroxylation sites is 4. The minimum absolute atomic E-state index is 0.566. The molecule has 0 radical (unpaired) electrons. The monoisotopic (exact) mass is 895 g/mol. The van der Waals surface area contributed by atoms with E-state index in [1.165, 1.54) is 58.8 Å². The van der Waals surface area contributed by atoms with E-state index in [0.717, 1.165) is 44.1 Å². The van der Waals surface area contributed by atoms with Gasteiger partial charge in [0.1, 0.15) is 0 Å². The molecule has 14 rings (SSSR count). The van der Waals surface area contributed by atoms with Crippen LogP contribution in [-0.2, 0) is 0 Å². The molecule has 0 saturated carbocycles. The topological polar surface area (TPSA) is 48.0 Å². The van der Waals surface area contributed by atoms with E-state index in [-0.39, 0.29) is 0 Å². The van der Waals surface area contributed by atoms with E-state index < -0.39 is 8.07 Å². The van der Waals surface area contributed by atoms with Crippen LogP contribution in [0.1, 0.15) is 0 Å². The van der Waals surface area contributed by atoms with Gasteiger partial charge in [-0.15, -0.1) is 0 Å². The molecule has 6 heteroatoms. The first-order valence-electron chi connectivity index (χ1n) is 23.5. The molecule has 14 aromatic rings. The predicted octanol–water partition coefficient (Wildman–Crippen LogP) is 12.5. The molecule has 322 valence electrons. The van der Waals surface area contributed by atoms with Crippen LogP contribution in [-0.4, -0.2) is 32.0 Å².